The number of hydrogen-bond acceptors (Lipinski definition) is 2. The van der Waals surface area contributed by atoms with Crippen LogP contribution in [0.4, 0.5) is 4.39 Å². The molecule has 0 bridgehead atoms. The highest BCUT2D eigenvalue weighted by Crippen LogP contribution is 2.09. The molecule has 0 aliphatic rings. The van der Waals surface area contributed by atoms with Gasteiger partial charge in [-0.15, -0.1) is 24.0 Å². The van der Waals surface area contributed by atoms with Crippen molar-refractivity contribution < 1.29 is 4.39 Å². The molecule has 0 atom stereocenters. The molecule has 0 spiro atoms. The van der Waals surface area contributed by atoms with Gasteiger partial charge in [0.15, 0.2) is 5.96 Å². The van der Waals surface area contributed by atoms with E-state index in [1.54, 1.807) is 23.9 Å². The van der Waals surface area contributed by atoms with Gasteiger partial charge >= 0.3 is 0 Å². The van der Waals surface area contributed by atoms with E-state index in [0.717, 1.165) is 36.9 Å². The number of rotatable bonds is 6. The van der Waals surface area contributed by atoms with Crippen LogP contribution in [0.2, 0.25) is 0 Å². The molecule has 27 heavy (non-hydrogen) atoms. The molecule has 0 saturated carbocycles. The van der Waals surface area contributed by atoms with Gasteiger partial charge < -0.3 is 10.6 Å². The molecule has 0 fully saturated rings. The molecule has 0 amide bonds. The minimum Gasteiger partial charge on any atom is -0.356 e. The average Bonchev–Trinajstić information content (AvgIpc) is 3.15. The molecule has 1 aromatic heterocycles. The zero-order valence-electron chi connectivity index (χ0n) is 15.1. The van der Waals surface area contributed by atoms with E-state index in [4.69, 9.17) is 0 Å². The molecule has 7 heteroatoms. The van der Waals surface area contributed by atoms with Crippen LogP contribution in [0, 0.1) is 5.82 Å². The van der Waals surface area contributed by atoms with Crippen LogP contribution in [-0.4, -0.2) is 29.3 Å². The third kappa shape index (κ3) is 6.35. The summed E-state index contributed by atoms with van der Waals surface area (Å²) in [5.74, 6) is 0.506. The number of aliphatic imine (C=N–C) groups is 1. The summed E-state index contributed by atoms with van der Waals surface area (Å²) in [5.41, 5.74) is 3.00. The highest BCUT2D eigenvalue weighted by molar-refractivity contribution is 14.0. The molecule has 0 aliphatic heterocycles. The Kier molecular flexibility index (Phi) is 8.25. The third-order valence-electron chi connectivity index (χ3n) is 3.94. The van der Waals surface area contributed by atoms with Crippen molar-refractivity contribution >= 4 is 29.9 Å². The Hall–Kier alpha value is -2.42. The first-order chi connectivity index (χ1) is 12.7. The molecule has 3 rings (SSSR count). The largest absolute Gasteiger partial charge is 0.356 e. The third-order valence-corrected chi connectivity index (χ3v) is 3.94. The Morgan fingerprint density at radius 3 is 2.48 bits per heavy atom. The maximum atomic E-state index is 13.0. The molecular weight excluding hydrogens is 456 g/mol. The smallest absolute Gasteiger partial charge is 0.191 e. The SMILES string of the molecule is CN=C(NCCc1ccn(-c2ccc(F)cc2)n1)NCc1ccccc1.I. The first-order valence-corrected chi connectivity index (χ1v) is 8.53. The second-order valence-corrected chi connectivity index (χ2v) is 5.82. The Morgan fingerprint density at radius 2 is 1.78 bits per heavy atom. The van der Waals surface area contributed by atoms with Crippen molar-refractivity contribution in [2.24, 2.45) is 4.99 Å². The normalized spacial score (nSPS) is 11.0. The number of nitrogens with zero attached hydrogens (tertiary/aromatic N) is 3. The van der Waals surface area contributed by atoms with Gasteiger partial charge in [0.1, 0.15) is 5.82 Å². The van der Waals surface area contributed by atoms with Crippen LogP contribution < -0.4 is 10.6 Å². The lowest BCUT2D eigenvalue weighted by molar-refractivity contribution is 0.627. The lowest BCUT2D eigenvalue weighted by Crippen LogP contribution is -2.37. The maximum absolute atomic E-state index is 13.0. The van der Waals surface area contributed by atoms with Gasteiger partial charge in [-0.25, -0.2) is 9.07 Å². The van der Waals surface area contributed by atoms with Crippen molar-refractivity contribution in [3.63, 3.8) is 0 Å². The Morgan fingerprint density at radius 1 is 1.04 bits per heavy atom. The lowest BCUT2D eigenvalue weighted by atomic mass is 10.2. The van der Waals surface area contributed by atoms with E-state index in [1.807, 2.05) is 30.5 Å². The number of halogens is 2. The molecule has 0 unspecified atom stereocenters. The monoisotopic (exact) mass is 479 g/mol. The van der Waals surface area contributed by atoms with E-state index in [9.17, 15) is 4.39 Å². The highest BCUT2D eigenvalue weighted by atomic mass is 127. The molecule has 5 nitrogen and oxygen atoms in total. The molecule has 1 heterocycles. The summed E-state index contributed by atoms with van der Waals surface area (Å²) in [6.45, 7) is 1.44. The fraction of sp³-hybridized carbons (Fsp3) is 0.200. The summed E-state index contributed by atoms with van der Waals surface area (Å²) in [6.07, 6.45) is 2.64. The molecule has 0 radical (unpaired) electrons. The van der Waals surface area contributed by atoms with E-state index in [2.05, 4.69) is 32.9 Å². The van der Waals surface area contributed by atoms with E-state index < -0.39 is 0 Å². The number of benzene rings is 2. The number of nitrogens with one attached hydrogen (secondary N) is 2. The van der Waals surface area contributed by atoms with Crippen LogP contribution in [0.15, 0.2) is 71.9 Å². The van der Waals surface area contributed by atoms with Gasteiger partial charge in [-0.1, -0.05) is 30.3 Å². The van der Waals surface area contributed by atoms with Crippen LogP contribution in [-0.2, 0) is 13.0 Å². The van der Waals surface area contributed by atoms with Crippen LogP contribution in [0.5, 0.6) is 0 Å². The number of guanidine groups is 1. The number of hydrogen-bond donors (Lipinski definition) is 2. The van der Waals surface area contributed by atoms with Gasteiger partial charge in [-0.2, -0.15) is 5.10 Å². The summed E-state index contributed by atoms with van der Waals surface area (Å²) in [7, 11) is 1.75. The van der Waals surface area contributed by atoms with Crippen molar-refractivity contribution in [3.05, 3.63) is 83.9 Å². The average molecular weight is 479 g/mol. The fourth-order valence-electron chi connectivity index (χ4n) is 2.54. The van der Waals surface area contributed by atoms with Crippen LogP contribution in [0.25, 0.3) is 5.69 Å². The summed E-state index contributed by atoms with van der Waals surface area (Å²) in [5, 5.41) is 11.1. The van der Waals surface area contributed by atoms with E-state index in [0.29, 0.717) is 0 Å². The van der Waals surface area contributed by atoms with Gasteiger partial charge in [0.25, 0.3) is 0 Å². The van der Waals surface area contributed by atoms with Gasteiger partial charge in [-0.3, -0.25) is 4.99 Å². The second-order valence-electron chi connectivity index (χ2n) is 5.82. The zero-order chi connectivity index (χ0) is 18.2. The lowest BCUT2D eigenvalue weighted by Gasteiger charge is -2.11. The van der Waals surface area contributed by atoms with E-state index in [1.165, 1.54) is 17.7 Å². The summed E-state index contributed by atoms with van der Waals surface area (Å²) < 4.78 is 14.7. The number of aromatic nitrogens is 2. The van der Waals surface area contributed by atoms with Gasteiger partial charge in [0, 0.05) is 32.8 Å². The molecule has 0 aliphatic carbocycles. The molecule has 2 aromatic carbocycles. The molecular formula is C20H23FIN5. The predicted molar refractivity (Wildman–Crippen MR) is 117 cm³/mol. The summed E-state index contributed by atoms with van der Waals surface area (Å²) in [6, 6.07) is 18.4. The van der Waals surface area contributed by atoms with Gasteiger partial charge in [-0.05, 0) is 35.9 Å². The first kappa shape index (κ1) is 20.9. The van der Waals surface area contributed by atoms with Gasteiger partial charge in [0.05, 0.1) is 11.4 Å². The van der Waals surface area contributed by atoms with Crippen LogP contribution >= 0.6 is 24.0 Å². The van der Waals surface area contributed by atoms with Crippen LogP contribution in [0.1, 0.15) is 11.3 Å². The first-order valence-electron chi connectivity index (χ1n) is 8.53. The minimum absolute atomic E-state index is 0. The molecule has 3 aromatic rings. The summed E-state index contributed by atoms with van der Waals surface area (Å²) in [4.78, 5) is 4.23. The van der Waals surface area contributed by atoms with Crippen molar-refractivity contribution in [1.29, 1.82) is 0 Å². The summed E-state index contributed by atoms with van der Waals surface area (Å²) >= 11 is 0. The van der Waals surface area contributed by atoms with Crippen molar-refractivity contribution in [1.82, 2.24) is 20.4 Å². The topological polar surface area (TPSA) is 54.2 Å². The maximum Gasteiger partial charge on any atom is 0.191 e. The second kappa shape index (κ2) is 10.7. The van der Waals surface area contributed by atoms with Crippen molar-refractivity contribution in [2.75, 3.05) is 13.6 Å². The van der Waals surface area contributed by atoms with Crippen LogP contribution in [0.3, 0.4) is 0 Å². The fourth-order valence-corrected chi connectivity index (χ4v) is 2.54. The zero-order valence-corrected chi connectivity index (χ0v) is 17.4. The highest BCUT2D eigenvalue weighted by Gasteiger charge is 2.03. The van der Waals surface area contributed by atoms with Gasteiger partial charge in [0.2, 0.25) is 0 Å². The Bertz CT molecular complexity index is 846. The van der Waals surface area contributed by atoms with Crippen molar-refractivity contribution in [3.8, 4) is 5.69 Å². The minimum atomic E-state index is -0.250. The van der Waals surface area contributed by atoms with E-state index in [-0.39, 0.29) is 29.8 Å². The molecule has 0 saturated heterocycles. The molecule has 2 N–H and O–H groups in total. The Balaban J connectivity index is 0.00000261. The standard InChI is InChI=1S/C20H22FN5.HI/c1-22-20(24-15-16-5-3-2-4-6-16)23-13-11-18-12-14-26(25-18)19-9-7-17(21)8-10-19;/h2-10,12,14H,11,13,15H2,1H3,(H2,22,23,24);1H. The predicted octanol–water partition coefficient (Wildman–Crippen LogP) is 3.54. The van der Waals surface area contributed by atoms with Crippen molar-refractivity contribution in [2.45, 2.75) is 13.0 Å². The molecule has 142 valence electrons. The quantitative estimate of drug-likeness (QED) is 0.323. The van der Waals surface area contributed by atoms with E-state index >= 15 is 0 Å². The Labute approximate surface area is 175 Å².